The highest BCUT2D eigenvalue weighted by Gasteiger charge is 2.39. The molecule has 1 saturated heterocycles. The Labute approximate surface area is 149 Å². The molecule has 3 rings (SSSR count). The molecule has 0 spiro atoms. The fourth-order valence-electron chi connectivity index (χ4n) is 2.67. The highest BCUT2D eigenvalue weighted by Crippen LogP contribution is 2.42. The van der Waals surface area contributed by atoms with Gasteiger partial charge in [-0.1, -0.05) is 41.4 Å². The number of carbonyl (C=O) groups is 2. The molecule has 1 heterocycles. The lowest BCUT2D eigenvalue weighted by Gasteiger charge is -2.30. The number of carbonyl (C=O) groups excluding carboxylic acids is 2. The van der Waals surface area contributed by atoms with Crippen LogP contribution in [-0.4, -0.2) is 28.6 Å². The summed E-state index contributed by atoms with van der Waals surface area (Å²) >= 11 is 7.29. The monoisotopic (exact) mass is 360 g/mol. The van der Waals surface area contributed by atoms with Crippen molar-refractivity contribution < 1.29 is 14.7 Å². The van der Waals surface area contributed by atoms with E-state index in [0.717, 1.165) is 11.1 Å². The molecule has 2 aromatic carbocycles. The number of thioether (sulfide) groups is 1. The van der Waals surface area contributed by atoms with E-state index in [4.69, 9.17) is 11.6 Å². The molecule has 1 fully saturated rings. The quantitative estimate of drug-likeness (QED) is 0.844. The number of rotatable bonds is 3. The van der Waals surface area contributed by atoms with Crippen LogP contribution in [0.25, 0.3) is 0 Å². The van der Waals surface area contributed by atoms with Crippen LogP contribution in [0.4, 0.5) is 0 Å². The van der Waals surface area contributed by atoms with Crippen molar-refractivity contribution in [1.29, 1.82) is 0 Å². The Hall–Kier alpha value is -1.98. The number of nitrogens with zero attached hydrogens (tertiary/aromatic N) is 1. The van der Waals surface area contributed by atoms with Crippen LogP contribution in [0.15, 0.2) is 48.5 Å². The summed E-state index contributed by atoms with van der Waals surface area (Å²) in [5.74, 6) is -1.27. The van der Waals surface area contributed by atoms with Gasteiger partial charge in [0.1, 0.15) is 5.37 Å². The maximum atomic E-state index is 12.9. The first-order valence-corrected chi connectivity index (χ1v) is 8.87. The second-order valence-corrected chi connectivity index (χ2v) is 7.20. The molecule has 0 saturated carbocycles. The molecule has 0 aliphatic carbocycles. The van der Waals surface area contributed by atoms with E-state index >= 15 is 0 Å². The van der Waals surface area contributed by atoms with E-state index in [1.807, 2.05) is 31.2 Å². The standard InChI is InChI=1S/C18H16ClNO3S/c1-11-2-4-13(5-3-11)17-20(15(10-24-17)18(22)23)16(21)12-6-8-14(19)9-7-12/h2-9,15,17H,10H2,1H3,(H,22,23)/p-1. The van der Waals surface area contributed by atoms with E-state index in [1.54, 1.807) is 24.3 Å². The third-order valence-electron chi connectivity index (χ3n) is 3.96. The fraction of sp³-hybridized carbons (Fsp3) is 0.222. The Kier molecular flexibility index (Phi) is 4.83. The molecule has 124 valence electrons. The summed E-state index contributed by atoms with van der Waals surface area (Å²) in [5, 5.41) is 11.7. The van der Waals surface area contributed by atoms with Gasteiger partial charge in [0.05, 0.1) is 12.0 Å². The average Bonchev–Trinajstić information content (AvgIpc) is 3.01. The van der Waals surface area contributed by atoms with E-state index in [2.05, 4.69) is 0 Å². The normalized spacial score (nSPS) is 20.2. The predicted octanol–water partition coefficient (Wildman–Crippen LogP) is 2.65. The molecule has 2 aromatic rings. The molecule has 2 atom stereocenters. The maximum absolute atomic E-state index is 12.9. The highest BCUT2D eigenvalue weighted by molar-refractivity contribution is 7.99. The molecule has 0 bridgehead atoms. The number of aliphatic carboxylic acids is 1. The van der Waals surface area contributed by atoms with Crippen molar-refractivity contribution in [3.63, 3.8) is 0 Å². The second kappa shape index (κ2) is 6.87. The van der Waals surface area contributed by atoms with E-state index in [1.165, 1.54) is 16.7 Å². The summed E-state index contributed by atoms with van der Waals surface area (Å²) in [6, 6.07) is 13.2. The summed E-state index contributed by atoms with van der Waals surface area (Å²) in [7, 11) is 0. The summed E-state index contributed by atoms with van der Waals surface area (Å²) in [6.45, 7) is 1.98. The molecule has 1 amide bonds. The summed E-state index contributed by atoms with van der Waals surface area (Å²) in [6.07, 6.45) is 0. The van der Waals surface area contributed by atoms with E-state index in [0.29, 0.717) is 16.3 Å². The minimum atomic E-state index is -1.24. The lowest BCUT2D eigenvalue weighted by molar-refractivity contribution is -0.310. The summed E-state index contributed by atoms with van der Waals surface area (Å²) < 4.78 is 0. The van der Waals surface area contributed by atoms with Crippen LogP contribution >= 0.6 is 23.4 Å². The number of carboxylic acid groups (broad SMARTS) is 1. The van der Waals surface area contributed by atoms with Crippen LogP contribution in [0, 0.1) is 6.92 Å². The van der Waals surface area contributed by atoms with Crippen LogP contribution in [0.1, 0.15) is 26.9 Å². The number of hydrogen-bond donors (Lipinski definition) is 0. The van der Waals surface area contributed by atoms with Crippen molar-refractivity contribution in [2.45, 2.75) is 18.3 Å². The van der Waals surface area contributed by atoms with Crippen molar-refractivity contribution in [3.8, 4) is 0 Å². The van der Waals surface area contributed by atoms with E-state index in [9.17, 15) is 14.7 Å². The third kappa shape index (κ3) is 3.28. The van der Waals surface area contributed by atoms with Gasteiger partial charge in [0.2, 0.25) is 0 Å². The van der Waals surface area contributed by atoms with Gasteiger partial charge in [0, 0.05) is 16.3 Å². The molecule has 1 aliphatic heterocycles. The smallest absolute Gasteiger partial charge is 0.255 e. The average molecular weight is 361 g/mol. The van der Waals surface area contributed by atoms with Gasteiger partial charge < -0.3 is 14.8 Å². The highest BCUT2D eigenvalue weighted by atomic mass is 35.5. The third-order valence-corrected chi connectivity index (χ3v) is 5.54. The Morgan fingerprint density at radius 3 is 2.33 bits per heavy atom. The Morgan fingerprint density at radius 2 is 1.75 bits per heavy atom. The second-order valence-electron chi connectivity index (χ2n) is 5.65. The van der Waals surface area contributed by atoms with Crippen molar-refractivity contribution in [2.75, 3.05) is 5.75 Å². The largest absolute Gasteiger partial charge is 0.548 e. The van der Waals surface area contributed by atoms with Crippen LogP contribution < -0.4 is 5.11 Å². The van der Waals surface area contributed by atoms with Gasteiger partial charge in [0.25, 0.3) is 5.91 Å². The fourth-order valence-corrected chi connectivity index (χ4v) is 4.21. The first-order valence-electron chi connectivity index (χ1n) is 7.44. The van der Waals surface area contributed by atoms with Crippen LogP contribution in [0.2, 0.25) is 5.02 Å². The summed E-state index contributed by atoms with van der Waals surface area (Å²) in [4.78, 5) is 25.8. The predicted molar refractivity (Wildman–Crippen MR) is 92.8 cm³/mol. The maximum Gasteiger partial charge on any atom is 0.255 e. The molecule has 6 heteroatoms. The lowest BCUT2D eigenvalue weighted by Crippen LogP contribution is -2.49. The minimum absolute atomic E-state index is 0.306. The zero-order valence-electron chi connectivity index (χ0n) is 12.9. The zero-order chi connectivity index (χ0) is 17.3. The molecule has 2 unspecified atom stereocenters. The number of aryl methyl sites for hydroxylation is 1. The van der Waals surface area contributed by atoms with Crippen LogP contribution in [0.3, 0.4) is 0 Å². The number of benzene rings is 2. The molecule has 1 aliphatic rings. The summed E-state index contributed by atoms with van der Waals surface area (Å²) in [5.41, 5.74) is 2.41. The SMILES string of the molecule is Cc1ccc(C2SCC(C(=O)[O-])N2C(=O)c2ccc(Cl)cc2)cc1. The van der Waals surface area contributed by atoms with Crippen LogP contribution in [-0.2, 0) is 4.79 Å². The molecular weight excluding hydrogens is 346 g/mol. The molecule has 24 heavy (non-hydrogen) atoms. The van der Waals surface area contributed by atoms with Crippen molar-refractivity contribution >= 4 is 35.2 Å². The van der Waals surface area contributed by atoms with E-state index in [-0.39, 0.29) is 11.3 Å². The van der Waals surface area contributed by atoms with Gasteiger partial charge in [0.15, 0.2) is 0 Å². The van der Waals surface area contributed by atoms with Gasteiger partial charge in [-0.3, -0.25) is 4.79 Å². The number of hydrogen-bond acceptors (Lipinski definition) is 4. The number of carboxylic acids is 1. The van der Waals surface area contributed by atoms with Crippen molar-refractivity contribution in [3.05, 3.63) is 70.2 Å². The Morgan fingerprint density at radius 1 is 1.12 bits per heavy atom. The van der Waals surface area contributed by atoms with Crippen LogP contribution in [0.5, 0.6) is 0 Å². The first kappa shape index (κ1) is 16.9. The Balaban J connectivity index is 1.97. The van der Waals surface area contributed by atoms with Gasteiger partial charge >= 0.3 is 0 Å². The molecular formula is C18H15ClNO3S-. The lowest BCUT2D eigenvalue weighted by atomic mass is 10.1. The molecule has 0 aromatic heterocycles. The zero-order valence-corrected chi connectivity index (χ0v) is 14.5. The van der Waals surface area contributed by atoms with Gasteiger partial charge in [-0.2, -0.15) is 0 Å². The number of amides is 1. The van der Waals surface area contributed by atoms with Crippen molar-refractivity contribution in [2.24, 2.45) is 0 Å². The van der Waals surface area contributed by atoms with Gasteiger partial charge in [-0.05, 0) is 36.8 Å². The minimum Gasteiger partial charge on any atom is -0.548 e. The van der Waals surface area contributed by atoms with E-state index < -0.39 is 12.0 Å². The molecule has 0 radical (unpaired) electrons. The molecule has 4 nitrogen and oxygen atoms in total. The topological polar surface area (TPSA) is 60.4 Å². The van der Waals surface area contributed by atoms with Gasteiger partial charge in [-0.25, -0.2) is 0 Å². The first-order chi connectivity index (χ1) is 11.5. The van der Waals surface area contributed by atoms with Crippen molar-refractivity contribution in [1.82, 2.24) is 4.90 Å². The number of halogens is 1. The molecule has 0 N–H and O–H groups in total. The van der Waals surface area contributed by atoms with Gasteiger partial charge in [-0.15, -0.1) is 11.8 Å². The Bertz CT molecular complexity index is 761.